The third kappa shape index (κ3) is 3.08. The molecule has 128 valence electrons. The summed E-state index contributed by atoms with van der Waals surface area (Å²) >= 11 is 0. The summed E-state index contributed by atoms with van der Waals surface area (Å²) < 4.78 is 27.4. The zero-order valence-electron chi connectivity index (χ0n) is 13.0. The molecular formula is C16H18F2N4O2. The largest absolute Gasteiger partial charge is 0.355 e. The van der Waals surface area contributed by atoms with E-state index in [-0.39, 0.29) is 18.0 Å². The number of carbonyl (C=O) groups is 1. The van der Waals surface area contributed by atoms with Crippen molar-refractivity contribution in [3.8, 4) is 0 Å². The molecular weight excluding hydrogens is 318 g/mol. The number of rotatable bonds is 5. The van der Waals surface area contributed by atoms with Gasteiger partial charge in [-0.3, -0.25) is 9.78 Å². The maximum Gasteiger partial charge on any atom is 0.340 e. The van der Waals surface area contributed by atoms with Crippen LogP contribution in [0.1, 0.15) is 37.1 Å². The molecule has 0 saturated heterocycles. The molecule has 3 N–H and O–H groups in total. The Morgan fingerprint density at radius 2 is 2.04 bits per heavy atom. The predicted molar refractivity (Wildman–Crippen MR) is 82.4 cm³/mol. The minimum atomic E-state index is -0.962. The average molecular weight is 336 g/mol. The number of nitrogens with one attached hydrogen (secondary N) is 3. The van der Waals surface area contributed by atoms with Gasteiger partial charge in [0, 0.05) is 24.6 Å². The quantitative estimate of drug-likeness (QED) is 0.774. The second-order valence-electron chi connectivity index (χ2n) is 6.04. The first-order valence-corrected chi connectivity index (χ1v) is 7.89. The van der Waals surface area contributed by atoms with E-state index < -0.39 is 22.7 Å². The van der Waals surface area contributed by atoms with E-state index >= 15 is 0 Å². The van der Waals surface area contributed by atoms with Crippen molar-refractivity contribution < 1.29 is 13.6 Å². The number of aromatic amines is 2. The third-order valence-corrected chi connectivity index (χ3v) is 4.54. The topological polar surface area (TPSA) is 90.6 Å². The number of H-pyrrole nitrogens is 2. The van der Waals surface area contributed by atoms with Crippen molar-refractivity contribution in [2.45, 2.75) is 37.5 Å². The smallest absolute Gasteiger partial charge is 0.340 e. The number of benzene rings is 1. The highest BCUT2D eigenvalue weighted by Gasteiger charge is 2.44. The Morgan fingerprint density at radius 1 is 1.29 bits per heavy atom. The van der Waals surface area contributed by atoms with Crippen LogP contribution in [0.4, 0.5) is 8.78 Å². The molecule has 1 aromatic heterocycles. The lowest BCUT2D eigenvalue weighted by Gasteiger charge is -2.28. The molecule has 1 aliphatic rings. The minimum absolute atomic E-state index is 0.243. The van der Waals surface area contributed by atoms with Gasteiger partial charge in [-0.1, -0.05) is 18.9 Å². The van der Waals surface area contributed by atoms with E-state index in [1.807, 2.05) is 0 Å². The maximum absolute atomic E-state index is 14.2. The predicted octanol–water partition coefficient (Wildman–Crippen LogP) is 1.55. The minimum Gasteiger partial charge on any atom is -0.355 e. The van der Waals surface area contributed by atoms with Crippen LogP contribution in [0.25, 0.3) is 0 Å². The standard InChI is InChI=1S/C16H18F2N4O2/c17-10-3-4-11(12(18)9-10)16(6-1-2-7-16)14(23)19-8-5-13-20-15(24)22-21-13/h3-4,9H,1-2,5-8H2,(H,19,23)(H2,20,21,22,24). The van der Waals surface area contributed by atoms with Crippen molar-refractivity contribution in [1.82, 2.24) is 20.5 Å². The summed E-state index contributed by atoms with van der Waals surface area (Å²) in [7, 11) is 0. The van der Waals surface area contributed by atoms with E-state index in [0.29, 0.717) is 25.1 Å². The molecule has 0 unspecified atom stereocenters. The molecule has 1 aromatic carbocycles. The van der Waals surface area contributed by atoms with Gasteiger partial charge in [-0.05, 0) is 18.9 Å². The molecule has 1 aliphatic carbocycles. The second-order valence-corrected chi connectivity index (χ2v) is 6.04. The summed E-state index contributed by atoms with van der Waals surface area (Å²) in [6.45, 7) is 0.268. The summed E-state index contributed by atoms with van der Waals surface area (Å²) in [6, 6.07) is 3.36. The third-order valence-electron chi connectivity index (χ3n) is 4.54. The molecule has 24 heavy (non-hydrogen) atoms. The van der Waals surface area contributed by atoms with Gasteiger partial charge in [0.2, 0.25) is 5.91 Å². The van der Waals surface area contributed by atoms with Crippen LogP contribution in [-0.2, 0) is 16.6 Å². The van der Waals surface area contributed by atoms with Gasteiger partial charge < -0.3 is 5.32 Å². The van der Waals surface area contributed by atoms with Crippen LogP contribution in [0, 0.1) is 11.6 Å². The van der Waals surface area contributed by atoms with Gasteiger partial charge in [-0.25, -0.2) is 18.7 Å². The Labute approximate surface area is 136 Å². The number of hydrogen-bond acceptors (Lipinski definition) is 3. The fraction of sp³-hybridized carbons (Fsp3) is 0.438. The van der Waals surface area contributed by atoms with Crippen molar-refractivity contribution in [1.29, 1.82) is 0 Å². The number of nitrogens with zero attached hydrogens (tertiary/aromatic N) is 1. The molecule has 8 heteroatoms. The summed E-state index contributed by atoms with van der Waals surface area (Å²) in [5.41, 5.74) is -1.12. The zero-order chi connectivity index (χ0) is 17.2. The monoisotopic (exact) mass is 336 g/mol. The Bertz CT molecular complexity index is 793. The number of hydrogen-bond donors (Lipinski definition) is 3. The van der Waals surface area contributed by atoms with Crippen molar-refractivity contribution in [2.75, 3.05) is 6.54 Å². The normalized spacial score (nSPS) is 16.2. The van der Waals surface area contributed by atoms with Gasteiger partial charge >= 0.3 is 5.69 Å². The molecule has 0 aliphatic heterocycles. The van der Waals surface area contributed by atoms with Crippen molar-refractivity contribution in [3.63, 3.8) is 0 Å². The molecule has 1 heterocycles. The fourth-order valence-corrected chi connectivity index (χ4v) is 3.36. The average Bonchev–Trinajstić information content (AvgIpc) is 3.17. The molecule has 0 bridgehead atoms. The molecule has 3 rings (SSSR count). The molecule has 0 radical (unpaired) electrons. The fourth-order valence-electron chi connectivity index (χ4n) is 3.36. The van der Waals surface area contributed by atoms with E-state index in [1.54, 1.807) is 0 Å². The number of aromatic nitrogens is 3. The van der Waals surface area contributed by atoms with E-state index in [2.05, 4.69) is 20.5 Å². The number of amides is 1. The van der Waals surface area contributed by atoms with Crippen LogP contribution in [0.15, 0.2) is 23.0 Å². The Morgan fingerprint density at radius 3 is 2.67 bits per heavy atom. The lowest BCUT2D eigenvalue weighted by Crippen LogP contribution is -2.44. The van der Waals surface area contributed by atoms with Crippen LogP contribution < -0.4 is 11.0 Å². The Balaban J connectivity index is 1.74. The van der Waals surface area contributed by atoms with Crippen LogP contribution in [0.3, 0.4) is 0 Å². The highest BCUT2D eigenvalue weighted by atomic mass is 19.1. The molecule has 1 fully saturated rings. The van der Waals surface area contributed by atoms with E-state index in [1.165, 1.54) is 12.1 Å². The summed E-state index contributed by atoms with van der Waals surface area (Å²) in [6.07, 6.45) is 3.04. The zero-order valence-corrected chi connectivity index (χ0v) is 13.0. The lowest BCUT2D eigenvalue weighted by atomic mass is 9.77. The van der Waals surface area contributed by atoms with Gasteiger partial charge in [0.15, 0.2) is 0 Å². The first kappa shape index (κ1) is 16.4. The summed E-state index contributed by atoms with van der Waals surface area (Å²) in [4.78, 5) is 26.2. The Hall–Kier alpha value is -2.51. The molecule has 1 saturated carbocycles. The highest BCUT2D eigenvalue weighted by Crippen LogP contribution is 2.42. The highest BCUT2D eigenvalue weighted by molar-refractivity contribution is 5.88. The lowest BCUT2D eigenvalue weighted by molar-refractivity contribution is -0.126. The number of carbonyl (C=O) groups excluding carboxylic acids is 1. The first-order valence-electron chi connectivity index (χ1n) is 7.89. The maximum atomic E-state index is 14.2. The molecule has 2 aromatic rings. The second kappa shape index (κ2) is 6.54. The molecule has 6 nitrogen and oxygen atoms in total. The van der Waals surface area contributed by atoms with Crippen molar-refractivity contribution >= 4 is 5.91 Å². The van der Waals surface area contributed by atoms with Gasteiger partial charge in [0.25, 0.3) is 0 Å². The van der Waals surface area contributed by atoms with E-state index in [4.69, 9.17) is 0 Å². The van der Waals surface area contributed by atoms with Crippen molar-refractivity contribution in [3.05, 3.63) is 51.7 Å². The Kier molecular flexibility index (Phi) is 4.46. The molecule has 0 spiro atoms. The van der Waals surface area contributed by atoms with E-state index in [9.17, 15) is 18.4 Å². The van der Waals surface area contributed by atoms with Crippen LogP contribution in [-0.4, -0.2) is 27.6 Å². The molecule has 0 atom stereocenters. The summed E-state index contributed by atoms with van der Waals surface area (Å²) in [5.74, 6) is -1.19. The van der Waals surface area contributed by atoms with Crippen LogP contribution >= 0.6 is 0 Å². The van der Waals surface area contributed by atoms with Gasteiger partial charge in [0.1, 0.15) is 17.5 Å². The van der Waals surface area contributed by atoms with Crippen LogP contribution in [0.2, 0.25) is 0 Å². The molecule has 1 amide bonds. The van der Waals surface area contributed by atoms with Gasteiger partial charge in [0.05, 0.1) is 5.41 Å². The van der Waals surface area contributed by atoms with Gasteiger partial charge in [-0.2, -0.15) is 5.10 Å². The summed E-state index contributed by atoms with van der Waals surface area (Å²) in [5, 5.41) is 8.80. The van der Waals surface area contributed by atoms with E-state index in [0.717, 1.165) is 18.9 Å². The number of halogens is 2. The first-order chi connectivity index (χ1) is 11.5. The van der Waals surface area contributed by atoms with Gasteiger partial charge in [-0.15, -0.1) is 0 Å². The SMILES string of the molecule is O=C(NCCc1n[nH]c(=O)[nH]1)C1(c2ccc(F)cc2F)CCCC1. The van der Waals surface area contributed by atoms with Crippen LogP contribution in [0.5, 0.6) is 0 Å². The van der Waals surface area contributed by atoms with Crippen molar-refractivity contribution in [2.24, 2.45) is 0 Å².